The number of aryl methyl sites for hydroxylation is 1. The summed E-state index contributed by atoms with van der Waals surface area (Å²) in [4.78, 5) is 12.6. The monoisotopic (exact) mass is 238 g/mol. The van der Waals surface area contributed by atoms with Gasteiger partial charge in [0.1, 0.15) is 5.50 Å². The molecule has 1 atom stereocenters. The van der Waals surface area contributed by atoms with Crippen LogP contribution < -0.4 is 10.2 Å². The molecule has 1 heterocycles. The fourth-order valence-electron chi connectivity index (χ4n) is 1.73. The molecule has 0 amide bonds. The van der Waals surface area contributed by atoms with E-state index in [9.17, 15) is 4.79 Å². The number of aliphatic carboxylic acids is 1. The molecule has 0 aromatic heterocycles. The zero-order valence-electron chi connectivity index (χ0n) is 9.23. The van der Waals surface area contributed by atoms with Gasteiger partial charge in [-0.15, -0.1) is 11.8 Å². The minimum Gasteiger partial charge on any atom is -0.481 e. The maximum absolute atomic E-state index is 10.5. The first-order valence-electron chi connectivity index (χ1n) is 5.01. The zero-order valence-corrected chi connectivity index (χ0v) is 10.0. The van der Waals surface area contributed by atoms with Gasteiger partial charge in [-0.1, -0.05) is 6.07 Å². The van der Waals surface area contributed by atoms with Crippen LogP contribution in [0.1, 0.15) is 5.56 Å². The van der Waals surface area contributed by atoms with Crippen molar-refractivity contribution in [3.8, 4) is 0 Å². The molecule has 2 rings (SSSR count). The maximum Gasteiger partial charge on any atom is 0.313 e. The van der Waals surface area contributed by atoms with E-state index in [2.05, 4.69) is 28.4 Å². The van der Waals surface area contributed by atoms with Crippen LogP contribution in [0.5, 0.6) is 0 Å². The lowest BCUT2D eigenvalue weighted by atomic mass is 10.2. The number of nitrogens with zero attached hydrogens (tertiary/aromatic N) is 1. The Morgan fingerprint density at radius 3 is 3.06 bits per heavy atom. The van der Waals surface area contributed by atoms with Gasteiger partial charge in [0, 0.05) is 7.05 Å². The van der Waals surface area contributed by atoms with E-state index in [0.29, 0.717) is 0 Å². The van der Waals surface area contributed by atoms with E-state index in [-0.39, 0.29) is 11.3 Å². The van der Waals surface area contributed by atoms with Crippen LogP contribution in [0, 0.1) is 6.92 Å². The Balaban J connectivity index is 2.11. The van der Waals surface area contributed by atoms with E-state index in [1.54, 1.807) is 0 Å². The highest BCUT2D eigenvalue weighted by molar-refractivity contribution is 8.00. The third-order valence-corrected chi connectivity index (χ3v) is 3.69. The highest BCUT2D eigenvalue weighted by Gasteiger charge is 2.26. The van der Waals surface area contributed by atoms with Gasteiger partial charge in [-0.2, -0.15) is 0 Å². The Morgan fingerprint density at radius 2 is 2.38 bits per heavy atom. The van der Waals surface area contributed by atoms with Gasteiger partial charge >= 0.3 is 5.97 Å². The predicted molar refractivity (Wildman–Crippen MR) is 67.1 cm³/mol. The molecule has 16 heavy (non-hydrogen) atoms. The molecule has 0 spiro atoms. The first kappa shape index (κ1) is 11.1. The maximum atomic E-state index is 10.5. The van der Waals surface area contributed by atoms with Gasteiger partial charge < -0.3 is 15.3 Å². The lowest BCUT2D eigenvalue weighted by Crippen LogP contribution is -2.29. The number of fused-ring (bicyclic) bond motifs is 1. The number of hydrogen-bond acceptors (Lipinski definition) is 4. The van der Waals surface area contributed by atoms with Crippen LogP contribution in [0.4, 0.5) is 11.4 Å². The molecule has 1 aromatic carbocycles. The topological polar surface area (TPSA) is 52.6 Å². The van der Waals surface area contributed by atoms with Crippen molar-refractivity contribution in [3.63, 3.8) is 0 Å². The second-order valence-corrected chi connectivity index (χ2v) is 4.90. The summed E-state index contributed by atoms with van der Waals surface area (Å²) in [6.07, 6.45) is 0. The molecule has 4 nitrogen and oxygen atoms in total. The molecule has 0 radical (unpaired) electrons. The van der Waals surface area contributed by atoms with E-state index in [0.717, 1.165) is 11.4 Å². The van der Waals surface area contributed by atoms with Crippen LogP contribution in [0.15, 0.2) is 18.2 Å². The molecule has 0 aliphatic carbocycles. The van der Waals surface area contributed by atoms with Crippen LogP contribution >= 0.6 is 11.8 Å². The van der Waals surface area contributed by atoms with Crippen LogP contribution in [-0.4, -0.2) is 29.4 Å². The smallest absolute Gasteiger partial charge is 0.313 e. The molecular formula is C11H14N2O2S. The Bertz CT molecular complexity index is 422. The lowest BCUT2D eigenvalue weighted by molar-refractivity contribution is -0.133. The van der Waals surface area contributed by atoms with Crippen molar-refractivity contribution in [3.05, 3.63) is 23.8 Å². The Labute approximate surface area is 98.6 Å². The minimum absolute atomic E-state index is 0.00731. The zero-order chi connectivity index (χ0) is 11.7. The van der Waals surface area contributed by atoms with Crippen molar-refractivity contribution in [1.29, 1.82) is 0 Å². The third kappa shape index (κ3) is 2.09. The second-order valence-electron chi connectivity index (χ2n) is 3.83. The SMILES string of the molecule is Cc1ccc2c(c1)NC(SCC(=O)O)N2C. The van der Waals surface area contributed by atoms with Crippen LogP contribution in [0.2, 0.25) is 0 Å². The molecule has 5 heteroatoms. The van der Waals surface area contributed by atoms with Gasteiger partial charge in [0.15, 0.2) is 0 Å². The average molecular weight is 238 g/mol. The number of carboxylic acid groups (broad SMARTS) is 1. The van der Waals surface area contributed by atoms with E-state index in [1.165, 1.54) is 17.3 Å². The van der Waals surface area contributed by atoms with Crippen LogP contribution in [-0.2, 0) is 4.79 Å². The number of hydrogen-bond donors (Lipinski definition) is 2. The number of nitrogens with one attached hydrogen (secondary N) is 1. The Hall–Kier alpha value is -1.36. The summed E-state index contributed by atoms with van der Waals surface area (Å²) < 4.78 is 0. The second kappa shape index (κ2) is 4.25. The van der Waals surface area contributed by atoms with Gasteiger partial charge in [-0.25, -0.2) is 0 Å². The normalized spacial score (nSPS) is 18.1. The van der Waals surface area contributed by atoms with Crippen molar-refractivity contribution in [1.82, 2.24) is 0 Å². The number of anilines is 2. The van der Waals surface area contributed by atoms with Crippen molar-refractivity contribution >= 4 is 29.1 Å². The molecule has 2 N–H and O–H groups in total. The summed E-state index contributed by atoms with van der Waals surface area (Å²) in [5, 5.41) is 12.0. The number of carboxylic acids is 1. The minimum atomic E-state index is -0.785. The molecule has 1 aliphatic heterocycles. The van der Waals surface area contributed by atoms with Gasteiger partial charge in [-0.3, -0.25) is 4.79 Å². The predicted octanol–water partition coefficient (Wildman–Crippen LogP) is 1.96. The first-order valence-corrected chi connectivity index (χ1v) is 6.06. The van der Waals surface area contributed by atoms with E-state index < -0.39 is 5.97 Å². The van der Waals surface area contributed by atoms with Gasteiger partial charge in [0.25, 0.3) is 0 Å². The van der Waals surface area contributed by atoms with Gasteiger partial charge in [0.2, 0.25) is 0 Å². The summed E-state index contributed by atoms with van der Waals surface area (Å²) in [5.74, 6) is -0.679. The number of carbonyl (C=O) groups is 1. The number of benzene rings is 1. The Morgan fingerprint density at radius 1 is 1.62 bits per heavy atom. The summed E-state index contributed by atoms with van der Waals surface area (Å²) >= 11 is 1.38. The summed E-state index contributed by atoms with van der Waals surface area (Å²) in [5.41, 5.74) is 3.40. The number of thioether (sulfide) groups is 1. The molecule has 1 aliphatic rings. The Kier molecular flexibility index (Phi) is 2.96. The number of rotatable bonds is 3. The summed E-state index contributed by atoms with van der Waals surface area (Å²) in [7, 11) is 1.97. The molecule has 0 saturated carbocycles. The quantitative estimate of drug-likeness (QED) is 0.843. The fraction of sp³-hybridized carbons (Fsp3) is 0.364. The lowest BCUT2D eigenvalue weighted by Gasteiger charge is -2.20. The summed E-state index contributed by atoms with van der Waals surface area (Å²) in [6.45, 7) is 2.04. The van der Waals surface area contributed by atoms with Gasteiger partial charge in [0.05, 0.1) is 17.1 Å². The van der Waals surface area contributed by atoms with Crippen LogP contribution in [0.25, 0.3) is 0 Å². The standard InChI is InChI=1S/C11H14N2O2S/c1-7-3-4-9-8(5-7)12-11(13(9)2)16-6-10(14)15/h3-5,11-12H,6H2,1-2H3,(H,14,15). The van der Waals surface area contributed by atoms with Crippen molar-refractivity contribution in [2.45, 2.75) is 12.4 Å². The van der Waals surface area contributed by atoms with E-state index >= 15 is 0 Å². The molecule has 1 unspecified atom stereocenters. The molecular weight excluding hydrogens is 224 g/mol. The molecule has 0 bridgehead atoms. The fourth-order valence-corrected chi connectivity index (χ4v) is 2.58. The van der Waals surface area contributed by atoms with Crippen LogP contribution in [0.3, 0.4) is 0 Å². The molecule has 1 aromatic rings. The average Bonchev–Trinajstić information content (AvgIpc) is 2.52. The molecule has 86 valence electrons. The van der Waals surface area contributed by atoms with E-state index in [4.69, 9.17) is 5.11 Å². The first-order chi connectivity index (χ1) is 7.58. The highest BCUT2D eigenvalue weighted by atomic mass is 32.2. The van der Waals surface area contributed by atoms with E-state index in [1.807, 2.05) is 14.0 Å². The van der Waals surface area contributed by atoms with Crippen molar-refractivity contribution in [2.24, 2.45) is 0 Å². The molecule has 0 fully saturated rings. The summed E-state index contributed by atoms with van der Waals surface area (Å²) in [6, 6.07) is 6.19. The molecule has 0 saturated heterocycles. The highest BCUT2D eigenvalue weighted by Crippen LogP contribution is 2.37. The van der Waals surface area contributed by atoms with Crippen molar-refractivity contribution in [2.75, 3.05) is 23.0 Å². The van der Waals surface area contributed by atoms with Crippen molar-refractivity contribution < 1.29 is 9.90 Å². The third-order valence-electron chi connectivity index (χ3n) is 2.53. The van der Waals surface area contributed by atoms with Gasteiger partial charge in [-0.05, 0) is 24.6 Å². The largest absolute Gasteiger partial charge is 0.481 e.